The Hall–Kier alpha value is -3.01. The minimum Gasteiger partial charge on any atom is -0.454 e. The molecule has 156 valence electrons. The summed E-state index contributed by atoms with van der Waals surface area (Å²) in [5, 5.41) is 2.83. The first kappa shape index (κ1) is 20.3. The van der Waals surface area contributed by atoms with Crippen molar-refractivity contribution in [2.24, 2.45) is 0 Å². The number of carbonyl (C=O) groups is 2. The fraction of sp³-hybridized carbons (Fsp3) is 0.200. The molecule has 0 saturated heterocycles. The number of hydrogen-bond donors (Lipinski definition) is 1. The maximum atomic E-state index is 13.0. The van der Waals surface area contributed by atoms with E-state index >= 15 is 0 Å². The van der Waals surface area contributed by atoms with Crippen LogP contribution in [0.15, 0.2) is 47.1 Å². The lowest BCUT2D eigenvalue weighted by atomic mass is 10.1. The second kappa shape index (κ2) is 7.67. The van der Waals surface area contributed by atoms with Crippen molar-refractivity contribution in [3.8, 4) is 11.5 Å². The largest absolute Gasteiger partial charge is 0.454 e. The van der Waals surface area contributed by atoms with E-state index in [-0.39, 0.29) is 25.3 Å². The van der Waals surface area contributed by atoms with Crippen molar-refractivity contribution in [3.63, 3.8) is 0 Å². The Morgan fingerprint density at radius 2 is 1.87 bits per heavy atom. The van der Waals surface area contributed by atoms with E-state index < -0.39 is 23.4 Å². The van der Waals surface area contributed by atoms with Crippen molar-refractivity contribution in [2.45, 2.75) is 19.3 Å². The highest BCUT2D eigenvalue weighted by Gasteiger charge is 2.41. The monoisotopic (exact) mass is 482 g/mol. The smallest absolute Gasteiger partial charge is 0.454 e. The van der Waals surface area contributed by atoms with Crippen LogP contribution < -0.4 is 14.8 Å². The van der Waals surface area contributed by atoms with Crippen LogP contribution in [0.4, 0.5) is 13.2 Å². The number of ketones is 1. The van der Waals surface area contributed by atoms with Gasteiger partial charge in [-0.3, -0.25) is 9.59 Å². The first-order chi connectivity index (χ1) is 14.2. The van der Waals surface area contributed by atoms with E-state index in [1.165, 1.54) is 10.6 Å². The average molecular weight is 483 g/mol. The number of hydrogen-bond acceptors (Lipinski definition) is 4. The van der Waals surface area contributed by atoms with Gasteiger partial charge in [-0.2, -0.15) is 13.2 Å². The number of alkyl halides is 3. The quantitative estimate of drug-likeness (QED) is 0.553. The van der Waals surface area contributed by atoms with Crippen molar-refractivity contribution >= 4 is 38.5 Å². The van der Waals surface area contributed by atoms with Crippen LogP contribution in [0, 0.1) is 0 Å². The zero-order valence-electron chi connectivity index (χ0n) is 15.3. The van der Waals surface area contributed by atoms with Crippen molar-refractivity contribution in [1.29, 1.82) is 0 Å². The second-order valence-electron chi connectivity index (χ2n) is 6.62. The molecule has 0 radical (unpaired) electrons. The number of aromatic nitrogens is 1. The molecule has 2 aromatic carbocycles. The zero-order valence-corrected chi connectivity index (χ0v) is 16.8. The fourth-order valence-electron chi connectivity index (χ4n) is 3.20. The van der Waals surface area contributed by atoms with E-state index in [4.69, 9.17) is 9.47 Å². The van der Waals surface area contributed by atoms with Crippen LogP contribution in [0.25, 0.3) is 10.9 Å². The highest BCUT2D eigenvalue weighted by molar-refractivity contribution is 9.10. The summed E-state index contributed by atoms with van der Waals surface area (Å²) < 4.78 is 51.3. The van der Waals surface area contributed by atoms with Crippen molar-refractivity contribution in [2.75, 3.05) is 6.79 Å². The van der Waals surface area contributed by atoms with Gasteiger partial charge >= 0.3 is 6.18 Å². The van der Waals surface area contributed by atoms with Crippen LogP contribution >= 0.6 is 15.9 Å². The Morgan fingerprint density at radius 1 is 1.10 bits per heavy atom. The molecule has 1 aliphatic rings. The topological polar surface area (TPSA) is 69.6 Å². The van der Waals surface area contributed by atoms with E-state index in [1.54, 1.807) is 30.3 Å². The third-order valence-corrected chi connectivity index (χ3v) is 5.08. The van der Waals surface area contributed by atoms with Gasteiger partial charge in [-0.25, -0.2) is 0 Å². The summed E-state index contributed by atoms with van der Waals surface area (Å²) >= 11 is 3.20. The number of fused-ring (bicyclic) bond motifs is 2. The normalized spacial score (nSPS) is 12.9. The highest BCUT2D eigenvalue weighted by atomic mass is 79.9. The van der Waals surface area contributed by atoms with Crippen molar-refractivity contribution in [3.05, 3.63) is 58.2 Å². The molecule has 1 aromatic heterocycles. The zero-order chi connectivity index (χ0) is 21.5. The van der Waals surface area contributed by atoms with Crippen molar-refractivity contribution < 1.29 is 32.2 Å². The van der Waals surface area contributed by atoms with Gasteiger partial charge in [0.05, 0.1) is 5.56 Å². The van der Waals surface area contributed by atoms with Crippen molar-refractivity contribution in [1.82, 2.24) is 9.88 Å². The first-order valence-electron chi connectivity index (χ1n) is 8.77. The van der Waals surface area contributed by atoms with Gasteiger partial charge in [0.1, 0.15) is 6.54 Å². The molecule has 0 bridgehead atoms. The summed E-state index contributed by atoms with van der Waals surface area (Å²) in [4.78, 5) is 24.2. The minimum absolute atomic E-state index is 0.121. The molecule has 1 amide bonds. The van der Waals surface area contributed by atoms with Crippen LogP contribution in [-0.2, 0) is 17.9 Å². The Bertz CT molecular complexity index is 1160. The number of rotatable bonds is 5. The molecule has 6 nitrogen and oxygen atoms in total. The number of nitrogens with one attached hydrogen (secondary N) is 1. The molecule has 3 aromatic rings. The molecule has 10 heteroatoms. The lowest BCUT2D eigenvalue weighted by Gasteiger charge is -2.08. The van der Waals surface area contributed by atoms with E-state index in [1.807, 2.05) is 0 Å². The number of halogens is 4. The molecule has 1 N–H and O–H groups in total. The molecular formula is C20H14BrF3N2O4. The molecule has 2 heterocycles. The molecule has 30 heavy (non-hydrogen) atoms. The highest BCUT2D eigenvalue weighted by Crippen LogP contribution is 2.33. The SMILES string of the molecule is O=C(Cn1cc(C(=O)C(F)(F)F)c2cc(Br)ccc21)NCc1ccc2c(c1)OCO2. The lowest BCUT2D eigenvalue weighted by Crippen LogP contribution is -2.27. The second-order valence-corrected chi connectivity index (χ2v) is 7.54. The van der Waals surface area contributed by atoms with Crippen LogP contribution in [0.3, 0.4) is 0 Å². The van der Waals surface area contributed by atoms with E-state index in [0.717, 1.165) is 11.8 Å². The number of carbonyl (C=O) groups excluding carboxylic acids is 2. The lowest BCUT2D eigenvalue weighted by molar-refractivity contribution is -0.121. The summed E-state index contributed by atoms with van der Waals surface area (Å²) in [6.45, 7) is 0.101. The van der Waals surface area contributed by atoms with Gasteiger partial charge in [0, 0.05) is 28.1 Å². The van der Waals surface area contributed by atoms with Gasteiger partial charge in [0.15, 0.2) is 11.5 Å². The van der Waals surface area contributed by atoms with Gasteiger partial charge in [-0.15, -0.1) is 0 Å². The summed E-state index contributed by atoms with van der Waals surface area (Å²) in [6, 6.07) is 9.86. The Labute approximate surface area is 176 Å². The molecule has 0 aliphatic carbocycles. The molecule has 0 fully saturated rings. The fourth-order valence-corrected chi connectivity index (χ4v) is 3.56. The number of amides is 1. The number of benzene rings is 2. The van der Waals surface area contributed by atoms with E-state index in [9.17, 15) is 22.8 Å². The molecule has 4 rings (SSSR count). The number of ether oxygens (including phenoxy) is 2. The summed E-state index contributed by atoms with van der Waals surface area (Å²) in [5.74, 6) is -1.17. The standard InChI is InChI=1S/C20H14BrF3N2O4/c21-12-2-3-15-13(6-12)14(19(28)20(22,23)24)8-26(15)9-18(27)25-7-11-1-4-16-17(5-11)30-10-29-16/h1-6,8H,7,9-10H2,(H,25,27). The summed E-state index contributed by atoms with van der Waals surface area (Å²) in [7, 11) is 0. The average Bonchev–Trinajstić information content (AvgIpc) is 3.29. The van der Waals surface area contributed by atoms with Crippen LogP contribution in [0.2, 0.25) is 0 Å². The van der Waals surface area contributed by atoms with E-state index in [2.05, 4.69) is 21.2 Å². The predicted octanol–water partition coefficient (Wildman–Crippen LogP) is 4.19. The van der Waals surface area contributed by atoms with Crippen LogP contribution in [-0.4, -0.2) is 29.2 Å². The van der Waals surface area contributed by atoms with Gasteiger partial charge < -0.3 is 19.4 Å². The third kappa shape index (κ3) is 4.00. The molecular weight excluding hydrogens is 469 g/mol. The molecule has 0 spiro atoms. The maximum Gasteiger partial charge on any atom is 0.454 e. The van der Waals surface area contributed by atoms with Gasteiger partial charge in [-0.05, 0) is 35.9 Å². The third-order valence-electron chi connectivity index (χ3n) is 4.59. The number of Topliss-reactive ketones (excluding diaryl/α,β-unsaturated/α-hetero) is 1. The van der Waals surface area contributed by atoms with Crippen LogP contribution in [0.5, 0.6) is 11.5 Å². The molecule has 0 atom stereocenters. The predicted molar refractivity (Wildman–Crippen MR) is 104 cm³/mol. The van der Waals surface area contributed by atoms with Gasteiger partial charge in [0.25, 0.3) is 5.78 Å². The first-order valence-corrected chi connectivity index (χ1v) is 9.57. The summed E-state index contributed by atoms with van der Waals surface area (Å²) in [6.07, 6.45) is -3.95. The van der Waals surface area contributed by atoms with Crippen LogP contribution in [0.1, 0.15) is 15.9 Å². The van der Waals surface area contributed by atoms with Gasteiger partial charge in [-0.1, -0.05) is 22.0 Å². The van der Waals surface area contributed by atoms with E-state index in [0.29, 0.717) is 21.5 Å². The maximum absolute atomic E-state index is 13.0. The Morgan fingerprint density at radius 3 is 2.63 bits per heavy atom. The summed E-state index contributed by atoms with van der Waals surface area (Å²) in [5.41, 5.74) is 0.633. The molecule has 0 saturated carbocycles. The Balaban J connectivity index is 1.53. The number of nitrogens with zero attached hydrogens (tertiary/aromatic N) is 1. The molecule has 1 aliphatic heterocycles. The Kier molecular flexibility index (Phi) is 5.19. The minimum atomic E-state index is -5.01. The molecule has 0 unspecified atom stereocenters. The van der Waals surface area contributed by atoms with Gasteiger partial charge in [0.2, 0.25) is 12.7 Å².